The third-order valence-electron chi connectivity index (χ3n) is 4.01. The summed E-state index contributed by atoms with van der Waals surface area (Å²) in [6.07, 6.45) is 3.56. The van der Waals surface area contributed by atoms with E-state index in [1.807, 2.05) is 24.7 Å². The van der Waals surface area contributed by atoms with Crippen molar-refractivity contribution in [2.45, 2.75) is 13.0 Å². The van der Waals surface area contributed by atoms with Crippen molar-refractivity contribution < 1.29 is 9.18 Å². The summed E-state index contributed by atoms with van der Waals surface area (Å²) in [5, 5.41) is 3.27. The topological polar surface area (TPSA) is 50.2 Å². The number of nitrogens with zero attached hydrogens (tertiary/aromatic N) is 3. The van der Waals surface area contributed by atoms with E-state index in [-0.39, 0.29) is 29.9 Å². The van der Waals surface area contributed by atoms with Gasteiger partial charge in [-0.3, -0.25) is 4.79 Å². The van der Waals surface area contributed by atoms with E-state index in [0.29, 0.717) is 19.6 Å². The monoisotopic (exact) mass is 338 g/mol. The van der Waals surface area contributed by atoms with Gasteiger partial charge in [-0.2, -0.15) is 0 Å². The smallest absolute Gasteiger partial charge is 0.257 e. The minimum absolute atomic E-state index is 0. The molecule has 23 heavy (non-hydrogen) atoms. The Bertz CT molecular complexity index is 703. The third kappa shape index (κ3) is 3.38. The van der Waals surface area contributed by atoms with Gasteiger partial charge >= 0.3 is 0 Å². The van der Waals surface area contributed by atoms with Crippen LogP contribution in [0.2, 0.25) is 0 Å². The molecule has 1 N–H and O–H groups in total. The molecule has 7 heteroatoms. The standard InChI is InChI=1S/C16H19FN4O.ClH/c1-11-3-4-13(17)12(9-11)16(22)21-8-5-18-10-14(21)15-19-6-7-20(15)2;/h3-4,6-7,9,14,18H,5,8,10H2,1-2H3;1H. The number of rotatable bonds is 2. The van der Waals surface area contributed by atoms with Crippen molar-refractivity contribution in [3.05, 3.63) is 53.4 Å². The highest BCUT2D eigenvalue weighted by molar-refractivity contribution is 5.95. The molecule has 5 nitrogen and oxygen atoms in total. The second-order valence-electron chi connectivity index (χ2n) is 5.60. The van der Waals surface area contributed by atoms with Crippen molar-refractivity contribution in [2.75, 3.05) is 19.6 Å². The predicted octanol–water partition coefficient (Wildman–Crippen LogP) is 2.08. The Morgan fingerprint density at radius 1 is 1.43 bits per heavy atom. The number of hydrogen-bond acceptors (Lipinski definition) is 3. The van der Waals surface area contributed by atoms with Crippen molar-refractivity contribution in [3.63, 3.8) is 0 Å². The maximum atomic E-state index is 14.0. The number of hydrogen-bond donors (Lipinski definition) is 1. The van der Waals surface area contributed by atoms with Gasteiger partial charge < -0.3 is 14.8 Å². The van der Waals surface area contributed by atoms with Crippen molar-refractivity contribution >= 4 is 18.3 Å². The maximum absolute atomic E-state index is 14.0. The van der Waals surface area contributed by atoms with Crippen LogP contribution in [-0.4, -0.2) is 40.0 Å². The number of carbonyl (C=O) groups is 1. The summed E-state index contributed by atoms with van der Waals surface area (Å²) in [5.74, 6) is 0.0389. The minimum Gasteiger partial charge on any atom is -0.336 e. The van der Waals surface area contributed by atoms with Crippen LogP contribution < -0.4 is 5.32 Å². The van der Waals surface area contributed by atoms with Gasteiger partial charge in [-0.15, -0.1) is 12.4 Å². The lowest BCUT2D eigenvalue weighted by atomic mass is 10.1. The zero-order valence-electron chi connectivity index (χ0n) is 13.1. The van der Waals surface area contributed by atoms with E-state index in [4.69, 9.17) is 0 Å². The number of halogens is 2. The zero-order valence-corrected chi connectivity index (χ0v) is 13.9. The molecular formula is C16H20ClFN4O. The van der Waals surface area contributed by atoms with E-state index < -0.39 is 5.82 Å². The zero-order chi connectivity index (χ0) is 15.7. The van der Waals surface area contributed by atoms with Crippen LogP contribution in [-0.2, 0) is 7.05 Å². The minimum atomic E-state index is -0.479. The number of benzene rings is 1. The fraction of sp³-hybridized carbons (Fsp3) is 0.375. The van der Waals surface area contributed by atoms with Gasteiger partial charge in [-0.25, -0.2) is 9.37 Å². The molecule has 1 aromatic carbocycles. The van der Waals surface area contributed by atoms with E-state index >= 15 is 0 Å². The lowest BCUT2D eigenvalue weighted by molar-refractivity contribution is 0.0616. The lowest BCUT2D eigenvalue weighted by Crippen LogP contribution is -2.49. The third-order valence-corrected chi connectivity index (χ3v) is 4.01. The number of piperazine rings is 1. The second kappa shape index (κ2) is 7.10. The molecule has 0 spiro atoms. The average Bonchev–Trinajstić information content (AvgIpc) is 2.95. The molecule has 124 valence electrons. The lowest BCUT2D eigenvalue weighted by Gasteiger charge is -2.35. The van der Waals surface area contributed by atoms with Gasteiger partial charge in [0.25, 0.3) is 5.91 Å². The Kier molecular flexibility index (Phi) is 5.38. The molecule has 0 aliphatic carbocycles. The number of carbonyl (C=O) groups excluding carboxylic acids is 1. The average molecular weight is 339 g/mol. The number of nitrogens with one attached hydrogen (secondary N) is 1. The molecule has 1 aromatic heterocycles. The van der Waals surface area contributed by atoms with Gasteiger partial charge in [0.15, 0.2) is 0 Å². The number of imidazole rings is 1. The predicted molar refractivity (Wildman–Crippen MR) is 88.2 cm³/mol. The quantitative estimate of drug-likeness (QED) is 0.912. The largest absolute Gasteiger partial charge is 0.336 e. The van der Waals surface area contributed by atoms with Crippen LogP contribution in [0.15, 0.2) is 30.6 Å². The van der Waals surface area contributed by atoms with Gasteiger partial charge in [0.1, 0.15) is 17.7 Å². The van der Waals surface area contributed by atoms with E-state index in [2.05, 4.69) is 10.3 Å². The molecular weight excluding hydrogens is 319 g/mol. The van der Waals surface area contributed by atoms with E-state index in [0.717, 1.165) is 11.4 Å². The van der Waals surface area contributed by atoms with Crippen molar-refractivity contribution in [2.24, 2.45) is 7.05 Å². The van der Waals surface area contributed by atoms with Crippen LogP contribution in [0.25, 0.3) is 0 Å². The van der Waals surface area contributed by atoms with Crippen LogP contribution >= 0.6 is 12.4 Å². The molecule has 1 atom stereocenters. The Morgan fingerprint density at radius 3 is 2.91 bits per heavy atom. The number of aromatic nitrogens is 2. The molecule has 1 saturated heterocycles. The highest BCUT2D eigenvalue weighted by Crippen LogP contribution is 2.24. The summed E-state index contributed by atoms with van der Waals surface area (Å²) >= 11 is 0. The summed E-state index contributed by atoms with van der Waals surface area (Å²) in [7, 11) is 1.90. The van der Waals surface area contributed by atoms with E-state index in [9.17, 15) is 9.18 Å². The SMILES string of the molecule is Cc1ccc(F)c(C(=O)N2CCNCC2c2nccn2C)c1.Cl. The summed E-state index contributed by atoms with van der Waals surface area (Å²) in [5.41, 5.74) is 0.995. The van der Waals surface area contributed by atoms with Crippen molar-refractivity contribution in [1.29, 1.82) is 0 Å². The molecule has 0 bridgehead atoms. The first-order valence-corrected chi connectivity index (χ1v) is 7.33. The van der Waals surface area contributed by atoms with E-state index in [1.54, 1.807) is 23.2 Å². The number of aryl methyl sites for hydroxylation is 2. The van der Waals surface area contributed by atoms with Crippen LogP contribution in [0.1, 0.15) is 27.8 Å². The fourth-order valence-electron chi connectivity index (χ4n) is 2.83. The molecule has 2 aromatic rings. The summed E-state index contributed by atoms with van der Waals surface area (Å²) < 4.78 is 15.9. The molecule has 3 rings (SSSR count). The normalized spacial score (nSPS) is 17.7. The molecule has 1 fully saturated rings. The summed E-state index contributed by atoms with van der Waals surface area (Å²) in [4.78, 5) is 18.9. The highest BCUT2D eigenvalue weighted by Gasteiger charge is 2.32. The molecule has 0 radical (unpaired) electrons. The van der Waals surface area contributed by atoms with Gasteiger partial charge in [0.2, 0.25) is 0 Å². The maximum Gasteiger partial charge on any atom is 0.257 e. The number of amides is 1. The van der Waals surface area contributed by atoms with E-state index in [1.165, 1.54) is 6.07 Å². The molecule has 2 heterocycles. The van der Waals surface area contributed by atoms with Gasteiger partial charge in [0, 0.05) is 39.1 Å². The first-order valence-electron chi connectivity index (χ1n) is 7.33. The highest BCUT2D eigenvalue weighted by atomic mass is 35.5. The van der Waals surface area contributed by atoms with Crippen LogP contribution in [0, 0.1) is 12.7 Å². The van der Waals surface area contributed by atoms with Gasteiger partial charge in [0.05, 0.1) is 5.56 Å². The first kappa shape index (κ1) is 17.4. The molecule has 1 aliphatic heterocycles. The fourth-order valence-corrected chi connectivity index (χ4v) is 2.83. The van der Waals surface area contributed by atoms with Crippen LogP contribution in [0.4, 0.5) is 4.39 Å². The Hall–Kier alpha value is -1.92. The Labute approximate surface area is 140 Å². The summed E-state index contributed by atoms with van der Waals surface area (Å²) in [6, 6.07) is 4.43. The first-order chi connectivity index (χ1) is 10.6. The summed E-state index contributed by atoms with van der Waals surface area (Å²) in [6.45, 7) is 3.69. The van der Waals surface area contributed by atoms with Crippen LogP contribution in [0.3, 0.4) is 0 Å². The molecule has 0 saturated carbocycles. The molecule has 1 amide bonds. The van der Waals surface area contributed by atoms with Crippen LogP contribution in [0.5, 0.6) is 0 Å². The Morgan fingerprint density at radius 2 is 2.22 bits per heavy atom. The van der Waals surface area contributed by atoms with Crippen molar-refractivity contribution in [1.82, 2.24) is 19.8 Å². The van der Waals surface area contributed by atoms with Crippen molar-refractivity contribution in [3.8, 4) is 0 Å². The molecule has 1 aliphatic rings. The van der Waals surface area contributed by atoms with Gasteiger partial charge in [-0.1, -0.05) is 11.6 Å². The van der Waals surface area contributed by atoms with Gasteiger partial charge in [-0.05, 0) is 19.1 Å². The second-order valence-corrected chi connectivity index (χ2v) is 5.60. The molecule has 1 unspecified atom stereocenters. The Balaban J connectivity index is 0.00000192.